The zero-order valence-corrected chi connectivity index (χ0v) is 21.3. The summed E-state index contributed by atoms with van der Waals surface area (Å²) in [6.45, 7) is 8.16. The highest BCUT2D eigenvalue weighted by Gasteiger charge is 2.25. The summed E-state index contributed by atoms with van der Waals surface area (Å²) in [7, 11) is 0. The lowest BCUT2D eigenvalue weighted by molar-refractivity contribution is -0.117. The molecular formula is C28H39N5O2. The molecule has 7 nitrogen and oxygen atoms in total. The van der Waals surface area contributed by atoms with Crippen molar-refractivity contribution in [2.45, 2.75) is 84.3 Å². The van der Waals surface area contributed by atoms with Gasteiger partial charge in [0.05, 0.1) is 12.2 Å². The highest BCUT2D eigenvalue weighted by Crippen LogP contribution is 2.19. The van der Waals surface area contributed by atoms with Crippen molar-refractivity contribution in [2.75, 3.05) is 13.1 Å². The Morgan fingerprint density at radius 2 is 1.60 bits per heavy atom. The molecule has 2 aliphatic rings. The van der Waals surface area contributed by atoms with E-state index in [-0.39, 0.29) is 18.0 Å². The highest BCUT2D eigenvalue weighted by atomic mass is 16.2. The Morgan fingerprint density at radius 3 is 2.29 bits per heavy atom. The molecule has 1 saturated heterocycles. The second-order valence-corrected chi connectivity index (χ2v) is 10.1. The van der Waals surface area contributed by atoms with Crippen LogP contribution in [0.3, 0.4) is 0 Å². The number of nitrogens with zero attached hydrogens (tertiary/aromatic N) is 3. The number of benzene rings is 1. The minimum Gasteiger partial charge on any atom is -0.350 e. The number of likely N-dealkylation sites (tertiary alicyclic amines) is 1. The monoisotopic (exact) mass is 477 g/mol. The van der Waals surface area contributed by atoms with Gasteiger partial charge in [-0.2, -0.15) is 5.10 Å². The van der Waals surface area contributed by atoms with Gasteiger partial charge in [0, 0.05) is 42.5 Å². The van der Waals surface area contributed by atoms with E-state index in [0.717, 1.165) is 42.6 Å². The summed E-state index contributed by atoms with van der Waals surface area (Å²) in [5.41, 5.74) is 5.39. The molecule has 0 atom stereocenters. The summed E-state index contributed by atoms with van der Waals surface area (Å²) in [5.74, 6) is -0.0970. The first-order valence-electron chi connectivity index (χ1n) is 13.0. The number of aryl methyl sites for hydroxylation is 2. The molecule has 0 spiro atoms. The first-order chi connectivity index (χ1) is 16.9. The van der Waals surface area contributed by atoms with Crippen molar-refractivity contribution in [3.05, 3.63) is 58.4 Å². The van der Waals surface area contributed by atoms with Crippen molar-refractivity contribution in [3.63, 3.8) is 0 Å². The molecule has 0 bridgehead atoms. The fraction of sp³-hybridized carbons (Fsp3) is 0.536. The molecule has 0 radical (unpaired) electrons. The summed E-state index contributed by atoms with van der Waals surface area (Å²) in [4.78, 5) is 27.0. The third-order valence-electron chi connectivity index (χ3n) is 7.35. The van der Waals surface area contributed by atoms with E-state index in [4.69, 9.17) is 0 Å². The van der Waals surface area contributed by atoms with Crippen LogP contribution >= 0.6 is 0 Å². The summed E-state index contributed by atoms with van der Waals surface area (Å²) in [5, 5.41) is 11.0. The van der Waals surface area contributed by atoms with E-state index in [1.165, 1.54) is 30.4 Å². The molecule has 2 N–H and O–H groups in total. The molecule has 2 heterocycles. The molecule has 4 rings (SSSR count). The lowest BCUT2D eigenvalue weighted by Crippen LogP contribution is -2.51. The van der Waals surface area contributed by atoms with Gasteiger partial charge in [-0.05, 0) is 58.1 Å². The van der Waals surface area contributed by atoms with Gasteiger partial charge < -0.3 is 15.5 Å². The molecular weight excluding hydrogens is 438 g/mol. The van der Waals surface area contributed by atoms with Crippen LogP contribution in [0.25, 0.3) is 6.08 Å². The number of amides is 3. The van der Waals surface area contributed by atoms with Crippen LogP contribution in [0.5, 0.6) is 0 Å². The molecule has 1 aliphatic heterocycles. The zero-order chi connectivity index (χ0) is 24.8. The maximum atomic E-state index is 12.6. The SMILES string of the molecule is Cc1ccc(Cn2nc(C)c(/C=C/C(=O)NC3CCN(C(=O)NC4CCCCC4)CC3)c2C)cc1. The zero-order valence-electron chi connectivity index (χ0n) is 21.3. The van der Waals surface area contributed by atoms with E-state index in [1.54, 1.807) is 6.08 Å². The highest BCUT2D eigenvalue weighted by molar-refractivity contribution is 5.92. The van der Waals surface area contributed by atoms with E-state index in [1.807, 2.05) is 29.5 Å². The minimum atomic E-state index is -0.0970. The van der Waals surface area contributed by atoms with Gasteiger partial charge in [0.15, 0.2) is 0 Å². The summed E-state index contributed by atoms with van der Waals surface area (Å²) < 4.78 is 1.99. The average Bonchev–Trinajstić information content (AvgIpc) is 3.12. The van der Waals surface area contributed by atoms with Gasteiger partial charge in [-0.15, -0.1) is 0 Å². The standard InChI is InChI=1S/C28H39N5O2/c1-20-9-11-23(12-10-20)19-33-22(3)26(21(2)31-33)13-14-27(34)29-25-15-17-32(18-16-25)28(35)30-24-7-5-4-6-8-24/h9-14,24-25H,4-8,15-19H2,1-3H3,(H,29,34)(H,30,35)/b14-13+. The predicted octanol–water partition coefficient (Wildman–Crippen LogP) is 4.49. The van der Waals surface area contributed by atoms with Gasteiger partial charge in [0.25, 0.3) is 0 Å². The predicted molar refractivity (Wildman–Crippen MR) is 139 cm³/mol. The number of carbonyl (C=O) groups excluding carboxylic acids is 2. The minimum absolute atomic E-state index is 0.0511. The van der Waals surface area contributed by atoms with Crippen molar-refractivity contribution in [1.29, 1.82) is 0 Å². The fourth-order valence-corrected chi connectivity index (χ4v) is 5.12. The first-order valence-corrected chi connectivity index (χ1v) is 13.0. The van der Waals surface area contributed by atoms with Crippen LogP contribution in [0.15, 0.2) is 30.3 Å². The Balaban J connectivity index is 1.25. The van der Waals surface area contributed by atoms with E-state index in [2.05, 4.69) is 46.9 Å². The van der Waals surface area contributed by atoms with Crippen molar-refractivity contribution < 1.29 is 9.59 Å². The Kier molecular flexibility index (Phi) is 8.26. The molecule has 7 heteroatoms. The smallest absolute Gasteiger partial charge is 0.317 e. The van der Waals surface area contributed by atoms with Crippen LogP contribution < -0.4 is 10.6 Å². The van der Waals surface area contributed by atoms with E-state index >= 15 is 0 Å². The molecule has 0 unspecified atom stereocenters. The number of piperidine rings is 1. The fourth-order valence-electron chi connectivity index (χ4n) is 5.12. The Morgan fingerprint density at radius 1 is 0.943 bits per heavy atom. The van der Waals surface area contributed by atoms with Gasteiger partial charge in [-0.3, -0.25) is 9.48 Å². The van der Waals surface area contributed by atoms with Gasteiger partial charge in [-0.25, -0.2) is 4.79 Å². The van der Waals surface area contributed by atoms with Crippen molar-refractivity contribution >= 4 is 18.0 Å². The lowest BCUT2D eigenvalue weighted by atomic mass is 9.95. The topological polar surface area (TPSA) is 79.3 Å². The summed E-state index contributed by atoms with van der Waals surface area (Å²) in [6.07, 6.45) is 10.9. The molecule has 1 aliphatic carbocycles. The summed E-state index contributed by atoms with van der Waals surface area (Å²) >= 11 is 0. The first kappa shape index (κ1) is 25.0. The van der Waals surface area contributed by atoms with Crippen LogP contribution in [0.1, 0.15) is 73.0 Å². The van der Waals surface area contributed by atoms with Crippen LogP contribution in [0, 0.1) is 20.8 Å². The molecule has 1 saturated carbocycles. The number of hydrogen-bond acceptors (Lipinski definition) is 3. The van der Waals surface area contributed by atoms with E-state index in [9.17, 15) is 9.59 Å². The third-order valence-corrected chi connectivity index (χ3v) is 7.35. The maximum absolute atomic E-state index is 12.6. The normalized spacial score (nSPS) is 17.6. The Hall–Kier alpha value is -3.09. The lowest BCUT2D eigenvalue weighted by Gasteiger charge is -2.34. The van der Waals surface area contributed by atoms with Gasteiger partial charge in [0.2, 0.25) is 5.91 Å². The van der Waals surface area contributed by atoms with Gasteiger partial charge in [-0.1, -0.05) is 49.1 Å². The van der Waals surface area contributed by atoms with Gasteiger partial charge in [0.1, 0.15) is 0 Å². The van der Waals surface area contributed by atoms with Crippen molar-refractivity contribution in [2.24, 2.45) is 0 Å². The largest absolute Gasteiger partial charge is 0.350 e. The van der Waals surface area contributed by atoms with Crippen molar-refractivity contribution in [3.8, 4) is 0 Å². The second kappa shape index (κ2) is 11.6. The van der Waals surface area contributed by atoms with Crippen LogP contribution in [0.4, 0.5) is 4.79 Å². The Bertz CT molecular complexity index is 1040. The second-order valence-electron chi connectivity index (χ2n) is 10.1. The number of aromatic nitrogens is 2. The number of urea groups is 1. The van der Waals surface area contributed by atoms with E-state index in [0.29, 0.717) is 25.7 Å². The number of nitrogens with one attached hydrogen (secondary N) is 2. The average molecular weight is 478 g/mol. The quantitative estimate of drug-likeness (QED) is 0.602. The van der Waals surface area contributed by atoms with Crippen molar-refractivity contribution in [1.82, 2.24) is 25.3 Å². The molecule has 1 aromatic carbocycles. The van der Waals surface area contributed by atoms with E-state index < -0.39 is 0 Å². The van der Waals surface area contributed by atoms with Gasteiger partial charge >= 0.3 is 6.03 Å². The Labute approximate surface area is 209 Å². The number of hydrogen-bond donors (Lipinski definition) is 2. The number of carbonyl (C=O) groups is 2. The molecule has 188 valence electrons. The number of rotatable bonds is 6. The molecule has 2 aromatic rings. The molecule has 35 heavy (non-hydrogen) atoms. The molecule has 1 aromatic heterocycles. The maximum Gasteiger partial charge on any atom is 0.317 e. The third kappa shape index (κ3) is 6.74. The summed E-state index contributed by atoms with van der Waals surface area (Å²) in [6, 6.07) is 8.94. The van der Waals surface area contributed by atoms with Crippen LogP contribution in [-0.4, -0.2) is 51.8 Å². The molecule has 2 fully saturated rings. The van der Waals surface area contributed by atoms with Crippen LogP contribution in [0.2, 0.25) is 0 Å². The molecule has 3 amide bonds. The van der Waals surface area contributed by atoms with Crippen LogP contribution in [-0.2, 0) is 11.3 Å².